The maximum atomic E-state index is 12.7. The van der Waals surface area contributed by atoms with Gasteiger partial charge in [0.05, 0.1) is 18.6 Å². The van der Waals surface area contributed by atoms with E-state index in [0.717, 1.165) is 41.7 Å². The van der Waals surface area contributed by atoms with E-state index >= 15 is 0 Å². The number of fused-ring (bicyclic) bond motifs is 1. The Morgan fingerprint density at radius 2 is 1.82 bits per heavy atom. The SMILES string of the molecule is CCOC(=O)c1c(NC(=O)[C@H](C)OC(=O)CNC(=O)Cc2ccccc2)sc2c1CCCC2. The van der Waals surface area contributed by atoms with E-state index in [1.54, 1.807) is 6.92 Å². The van der Waals surface area contributed by atoms with Crippen molar-refractivity contribution >= 4 is 40.1 Å². The number of carbonyl (C=O) groups excluding carboxylic acids is 4. The average molecular weight is 473 g/mol. The van der Waals surface area contributed by atoms with Gasteiger partial charge in [0.1, 0.15) is 11.5 Å². The van der Waals surface area contributed by atoms with Crippen LogP contribution in [-0.4, -0.2) is 43.0 Å². The molecule has 0 radical (unpaired) electrons. The molecule has 0 saturated heterocycles. The molecule has 0 fully saturated rings. The van der Waals surface area contributed by atoms with Gasteiger partial charge >= 0.3 is 11.9 Å². The molecule has 1 aliphatic carbocycles. The lowest BCUT2D eigenvalue weighted by Crippen LogP contribution is -2.36. The first kappa shape index (κ1) is 24.4. The van der Waals surface area contributed by atoms with Gasteiger partial charge in [0.15, 0.2) is 6.10 Å². The molecule has 1 heterocycles. The summed E-state index contributed by atoms with van der Waals surface area (Å²) in [5.74, 6) is -2.06. The zero-order valence-electron chi connectivity index (χ0n) is 18.8. The van der Waals surface area contributed by atoms with Crippen molar-refractivity contribution in [1.29, 1.82) is 0 Å². The number of thiophene rings is 1. The molecule has 8 nitrogen and oxygen atoms in total. The standard InChI is InChI=1S/C24H28N2O6S/c1-3-31-24(30)21-17-11-7-8-12-18(17)33-23(21)26-22(29)15(2)32-20(28)14-25-19(27)13-16-9-5-4-6-10-16/h4-6,9-10,15H,3,7-8,11-14H2,1-2H3,(H,25,27)(H,26,29)/t15-/m0/s1. The van der Waals surface area contributed by atoms with Crippen LogP contribution in [0.1, 0.15) is 53.1 Å². The lowest BCUT2D eigenvalue weighted by atomic mass is 9.95. The highest BCUT2D eigenvalue weighted by molar-refractivity contribution is 7.17. The van der Waals surface area contributed by atoms with Crippen LogP contribution in [0.4, 0.5) is 5.00 Å². The molecule has 1 atom stereocenters. The number of hydrogen-bond donors (Lipinski definition) is 2. The number of anilines is 1. The lowest BCUT2D eigenvalue weighted by Gasteiger charge is -2.14. The van der Waals surface area contributed by atoms with E-state index in [-0.39, 0.29) is 25.5 Å². The summed E-state index contributed by atoms with van der Waals surface area (Å²) in [6.07, 6.45) is 2.68. The van der Waals surface area contributed by atoms with Gasteiger partial charge in [0, 0.05) is 4.88 Å². The van der Waals surface area contributed by atoms with E-state index in [1.165, 1.54) is 18.3 Å². The molecule has 0 saturated carbocycles. The minimum Gasteiger partial charge on any atom is -0.462 e. The molecule has 176 valence electrons. The number of benzene rings is 1. The molecular weight excluding hydrogens is 444 g/mol. The van der Waals surface area contributed by atoms with E-state index in [1.807, 2.05) is 30.3 Å². The van der Waals surface area contributed by atoms with E-state index in [0.29, 0.717) is 10.6 Å². The van der Waals surface area contributed by atoms with Crippen LogP contribution in [0, 0.1) is 0 Å². The third-order valence-electron chi connectivity index (χ3n) is 5.20. The molecule has 2 amide bonds. The number of nitrogens with one attached hydrogen (secondary N) is 2. The Kier molecular flexibility index (Phi) is 8.59. The van der Waals surface area contributed by atoms with Crippen molar-refractivity contribution < 1.29 is 28.7 Å². The fourth-order valence-corrected chi connectivity index (χ4v) is 4.87. The van der Waals surface area contributed by atoms with Crippen molar-refractivity contribution in [3.8, 4) is 0 Å². The molecule has 0 spiro atoms. The van der Waals surface area contributed by atoms with Crippen molar-refractivity contribution in [2.24, 2.45) is 0 Å². The first-order chi connectivity index (χ1) is 15.9. The number of esters is 2. The predicted molar refractivity (Wildman–Crippen MR) is 124 cm³/mol. The largest absolute Gasteiger partial charge is 0.462 e. The van der Waals surface area contributed by atoms with Gasteiger partial charge in [0.25, 0.3) is 5.91 Å². The number of amides is 2. The molecule has 33 heavy (non-hydrogen) atoms. The quantitative estimate of drug-likeness (QED) is 0.543. The van der Waals surface area contributed by atoms with Crippen LogP contribution in [0.15, 0.2) is 30.3 Å². The third-order valence-corrected chi connectivity index (χ3v) is 6.41. The monoisotopic (exact) mass is 472 g/mol. The molecule has 9 heteroatoms. The predicted octanol–water partition coefficient (Wildman–Crippen LogP) is 3.03. The molecule has 1 aromatic carbocycles. The number of ether oxygens (including phenoxy) is 2. The summed E-state index contributed by atoms with van der Waals surface area (Å²) in [6.45, 7) is 3.07. The van der Waals surface area contributed by atoms with Crippen molar-refractivity contribution in [1.82, 2.24) is 5.32 Å². The Balaban J connectivity index is 1.55. The Morgan fingerprint density at radius 3 is 2.55 bits per heavy atom. The first-order valence-corrected chi connectivity index (χ1v) is 11.8. The van der Waals surface area contributed by atoms with Crippen molar-refractivity contribution in [3.63, 3.8) is 0 Å². The zero-order chi connectivity index (χ0) is 23.8. The van der Waals surface area contributed by atoms with Crippen LogP contribution in [0.2, 0.25) is 0 Å². The summed E-state index contributed by atoms with van der Waals surface area (Å²) >= 11 is 1.37. The molecule has 2 aromatic rings. The summed E-state index contributed by atoms with van der Waals surface area (Å²) in [5.41, 5.74) is 2.16. The Hall–Kier alpha value is -3.20. The van der Waals surface area contributed by atoms with Gasteiger partial charge in [-0.25, -0.2) is 4.79 Å². The summed E-state index contributed by atoms with van der Waals surface area (Å²) < 4.78 is 10.3. The van der Waals surface area contributed by atoms with Crippen LogP contribution < -0.4 is 10.6 Å². The van der Waals surface area contributed by atoms with Gasteiger partial charge in [-0.3, -0.25) is 14.4 Å². The summed E-state index contributed by atoms with van der Waals surface area (Å²) in [7, 11) is 0. The highest BCUT2D eigenvalue weighted by Gasteiger charge is 2.28. The van der Waals surface area contributed by atoms with Gasteiger partial charge < -0.3 is 20.1 Å². The van der Waals surface area contributed by atoms with Crippen LogP contribution in [0.5, 0.6) is 0 Å². The maximum absolute atomic E-state index is 12.7. The van der Waals surface area contributed by atoms with Crippen molar-refractivity contribution in [2.45, 2.75) is 52.1 Å². The lowest BCUT2D eigenvalue weighted by molar-refractivity contribution is -0.152. The second-order valence-electron chi connectivity index (χ2n) is 7.70. The first-order valence-electron chi connectivity index (χ1n) is 11.0. The molecule has 1 aliphatic rings. The molecule has 0 aliphatic heterocycles. The van der Waals surface area contributed by atoms with E-state index in [2.05, 4.69) is 10.6 Å². The molecule has 2 N–H and O–H groups in total. The smallest absolute Gasteiger partial charge is 0.341 e. The average Bonchev–Trinajstić information content (AvgIpc) is 3.16. The second kappa shape index (κ2) is 11.6. The van der Waals surface area contributed by atoms with Gasteiger partial charge in [0.2, 0.25) is 5.91 Å². The normalized spacial score (nSPS) is 13.4. The molecule has 0 bridgehead atoms. The highest BCUT2D eigenvalue weighted by Crippen LogP contribution is 2.38. The molecular formula is C24H28N2O6S. The number of hydrogen-bond acceptors (Lipinski definition) is 7. The second-order valence-corrected chi connectivity index (χ2v) is 8.80. The van der Waals surface area contributed by atoms with Crippen molar-refractivity contribution in [2.75, 3.05) is 18.5 Å². The van der Waals surface area contributed by atoms with E-state index in [9.17, 15) is 19.2 Å². The van der Waals surface area contributed by atoms with E-state index < -0.39 is 23.9 Å². The number of aryl methyl sites for hydroxylation is 1. The molecule has 0 unspecified atom stereocenters. The zero-order valence-corrected chi connectivity index (χ0v) is 19.6. The number of rotatable bonds is 9. The Bertz CT molecular complexity index is 1020. The minimum atomic E-state index is -1.10. The topological polar surface area (TPSA) is 111 Å². The van der Waals surface area contributed by atoms with Crippen LogP contribution >= 0.6 is 11.3 Å². The van der Waals surface area contributed by atoms with Gasteiger partial charge in [-0.05, 0) is 50.7 Å². The summed E-state index contributed by atoms with van der Waals surface area (Å²) in [6, 6.07) is 9.14. The Labute approximate surface area is 196 Å². The van der Waals surface area contributed by atoms with Gasteiger partial charge in [-0.2, -0.15) is 0 Å². The van der Waals surface area contributed by atoms with Gasteiger partial charge in [-0.1, -0.05) is 30.3 Å². The summed E-state index contributed by atoms with van der Waals surface area (Å²) in [5, 5.41) is 5.64. The minimum absolute atomic E-state index is 0.143. The maximum Gasteiger partial charge on any atom is 0.341 e. The van der Waals surface area contributed by atoms with Gasteiger partial charge in [-0.15, -0.1) is 11.3 Å². The highest BCUT2D eigenvalue weighted by atomic mass is 32.1. The molecule has 3 rings (SSSR count). The fraction of sp³-hybridized carbons (Fsp3) is 0.417. The van der Waals surface area contributed by atoms with E-state index in [4.69, 9.17) is 9.47 Å². The molecule has 1 aromatic heterocycles. The third kappa shape index (κ3) is 6.64. The summed E-state index contributed by atoms with van der Waals surface area (Å²) in [4.78, 5) is 50.3. The van der Waals surface area contributed by atoms with Crippen molar-refractivity contribution in [3.05, 3.63) is 51.9 Å². The van der Waals surface area contributed by atoms with Crippen LogP contribution in [0.3, 0.4) is 0 Å². The van der Waals surface area contributed by atoms with Crippen LogP contribution in [-0.2, 0) is 43.1 Å². The van der Waals surface area contributed by atoms with Crippen LogP contribution in [0.25, 0.3) is 0 Å². The number of carbonyl (C=O) groups is 4. The fourth-order valence-electron chi connectivity index (χ4n) is 3.59. The Morgan fingerprint density at radius 1 is 1.09 bits per heavy atom.